The molecular formula is C23H32N4O3. The molecule has 1 aromatic heterocycles. The van der Waals surface area contributed by atoms with Gasteiger partial charge in [0.25, 0.3) is 0 Å². The fourth-order valence-electron chi connectivity index (χ4n) is 3.80. The van der Waals surface area contributed by atoms with Gasteiger partial charge in [0.05, 0.1) is 18.7 Å². The van der Waals surface area contributed by atoms with Gasteiger partial charge in [-0.3, -0.25) is 14.5 Å². The van der Waals surface area contributed by atoms with Crippen LogP contribution in [0.3, 0.4) is 0 Å². The Hall–Kier alpha value is -2.67. The standard InChI is InChI=1S/C23H32N4O3/c1-4-26(5-2)22(29)17-25-12-9-13-27(15-14-25)21(28)16-20-18(3)30-23(24-20)19-10-7-6-8-11-19/h6-8,10-11H,4-5,9,12-17H2,1-3H3. The van der Waals surface area contributed by atoms with Crippen molar-refractivity contribution in [3.63, 3.8) is 0 Å². The molecule has 1 saturated heterocycles. The summed E-state index contributed by atoms with van der Waals surface area (Å²) in [6.45, 7) is 10.6. The van der Waals surface area contributed by atoms with Crippen molar-refractivity contribution in [1.29, 1.82) is 0 Å². The maximum Gasteiger partial charge on any atom is 0.236 e. The first-order valence-electron chi connectivity index (χ1n) is 10.8. The lowest BCUT2D eigenvalue weighted by molar-refractivity contribution is -0.132. The normalized spacial score (nSPS) is 15.1. The van der Waals surface area contributed by atoms with Crippen LogP contribution < -0.4 is 0 Å². The lowest BCUT2D eigenvalue weighted by Crippen LogP contribution is -2.42. The van der Waals surface area contributed by atoms with Gasteiger partial charge < -0.3 is 14.2 Å². The highest BCUT2D eigenvalue weighted by Gasteiger charge is 2.23. The summed E-state index contributed by atoms with van der Waals surface area (Å²) in [6, 6.07) is 9.71. The predicted octanol–water partition coefficient (Wildman–Crippen LogP) is 2.60. The van der Waals surface area contributed by atoms with Gasteiger partial charge in [0.15, 0.2) is 0 Å². The van der Waals surface area contributed by atoms with E-state index in [0.29, 0.717) is 43.5 Å². The first-order valence-corrected chi connectivity index (χ1v) is 10.8. The van der Waals surface area contributed by atoms with E-state index < -0.39 is 0 Å². The summed E-state index contributed by atoms with van der Waals surface area (Å²) in [5.41, 5.74) is 1.60. The van der Waals surface area contributed by atoms with Crippen LogP contribution in [0.5, 0.6) is 0 Å². The number of benzene rings is 1. The maximum atomic E-state index is 12.9. The number of oxazole rings is 1. The van der Waals surface area contributed by atoms with Crippen molar-refractivity contribution in [2.75, 3.05) is 45.8 Å². The molecule has 7 heteroatoms. The highest BCUT2D eigenvalue weighted by Crippen LogP contribution is 2.22. The van der Waals surface area contributed by atoms with Crippen LogP contribution in [0.15, 0.2) is 34.7 Å². The van der Waals surface area contributed by atoms with Crippen LogP contribution in [0, 0.1) is 6.92 Å². The topological polar surface area (TPSA) is 69.9 Å². The number of nitrogens with zero attached hydrogens (tertiary/aromatic N) is 4. The van der Waals surface area contributed by atoms with Crippen LogP contribution in [0.25, 0.3) is 11.5 Å². The van der Waals surface area contributed by atoms with E-state index in [-0.39, 0.29) is 18.2 Å². The lowest BCUT2D eigenvalue weighted by Gasteiger charge is -2.25. The molecule has 0 N–H and O–H groups in total. The molecule has 0 atom stereocenters. The molecule has 0 spiro atoms. The Balaban J connectivity index is 1.57. The van der Waals surface area contributed by atoms with Gasteiger partial charge in [-0.15, -0.1) is 0 Å². The van der Waals surface area contributed by atoms with Gasteiger partial charge in [0.1, 0.15) is 5.76 Å². The summed E-state index contributed by atoms with van der Waals surface area (Å²) in [6.07, 6.45) is 1.10. The van der Waals surface area contributed by atoms with E-state index in [0.717, 1.165) is 31.6 Å². The second-order valence-electron chi connectivity index (χ2n) is 7.64. The van der Waals surface area contributed by atoms with Gasteiger partial charge in [0, 0.05) is 44.8 Å². The molecule has 162 valence electrons. The van der Waals surface area contributed by atoms with Crippen LogP contribution in [0.1, 0.15) is 31.7 Å². The van der Waals surface area contributed by atoms with Crippen molar-refractivity contribution >= 4 is 11.8 Å². The molecule has 1 fully saturated rings. The predicted molar refractivity (Wildman–Crippen MR) is 116 cm³/mol. The summed E-state index contributed by atoms with van der Waals surface area (Å²) in [7, 11) is 0. The molecule has 2 aromatic rings. The zero-order valence-corrected chi connectivity index (χ0v) is 18.3. The minimum absolute atomic E-state index is 0.0583. The summed E-state index contributed by atoms with van der Waals surface area (Å²) < 4.78 is 5.79. The molecule has 0 radical (unpaired) electrons. The molecule has 3 rings (SSSR count). The molecule has 0 unspecified atom stereocenters. The van der Waals surface area contributed by atoms with Gasteiger partial charge in [-0.1, -0.05) is 18.2 Å². The highest BCUT2D eigenvalue weighted by atomic mass is 16.4. The molecule has 30 heavy (non-hydrogen) atoms. The van der Waals surface area contributed by atoms with E-state index in [1.165, 1.54) is 0 Å². The molecule has 0 saturated carbocycles. The molecular weight excluding hydrogens is 380 g/mol. The summed E-state index contributed by atoms with van der Waals surface area (Å²) in [4.78, 5) is 35.7. The average Bonchev–Trinajstić information content (AvgIpc) is 2.96. The Bertz CT molecular complexity index is 845. The fraction of sp³-hybridized carbons (Fsp3) is 0.522. The van der Waals surface area contributed by atoms with E-state index in [1.54, 1.807) is 0 Å². The molecule has 7 nitrogen and oxygen atoms in total. The fourth-order valence-corrected chi connectivity index (χ4v) is 3.80. The van der Waals surface area contributed by atoms with Crippen LogP contribution in [-0.4, -0.2) is 77.3 Å². The molecule has 0 bridgehead atoms. The number of hydrogen-bond donors (Lipinski definition) is 0. The zero-order valence-electron chi connectivity index (χ0n) is 18.3. The van der Waals surface area contributed by atoms with Crippen molar-refractivity contribution in [2.24, 2.45) is 0 Å². The smallest absolute Gasteiger partial charge is 0.236 e. The first-order chi connectivity index (χ1) is 14.5. The maximum absolute atomic E-state index is 12.9. The minimum atomic E-state index is 0.0583. The molecule has 1 aromatic carbocycles. The molecule has 2 amide bonds. The van der Waals surface area contributed by atoms with Gasteiger partial charge in [-0.25, -0.2) is 4.98 Å². The lowest BCUT2D eigenvalue weighted by atomic mass is 10.2. The average molecular weight is 413 g/mol. The molecule has 1 aliphatic heterocycles. The Labute approximate surface area is 178 Å². The van der Waals surface area contributed by atoms with Crippen molar-refractivity contribution in [3.05, 3.63) is 41.8 Å². The Morgan fingerprint density at radius 2 is 1.80 bits per heavy atom. The van der Waals surface area contributed by atoms with Crippen LogP contribution in [0.2, 0.25) is 0 Å². The number of likely N-dealkylation sites (N-methyl/N-ethyl adjacent to an activating group) is 1. The van der Waals surface area contributed by atoms with Gasteiger partial charge in [0.2, 0.25) is 17.7 Å². The second kappa shape index (κ2) is 10.4. The third-order valence-electron chi connectivity index (χ3n) is 5.65. The number of carbonyl (C=O) groups excluding carboxylic acids is 2. The minimum Gasteiger partial charge on any atom is -0.441 e. The number of carbonyl (C=O) groups is 2. The van der Waals surface area contributed by atoms with Crippen molar-refractivity contribution in [3.8, 4) is 11.5 Å². The summed E-state index contributed by atoms with van der Waals surface area (Å²) >= 11 is 0. The Morgan fingerprint density at radius 3 is 2.50 bits per heavy atom. The Morgan fingerprint density at radius 1 is 1.07 bits per heavy atom. The van der Waals surface area contributed by atoms with Crippen molar-refractivity contribution < 1.29 is 14.0 Å². The van der Waals surface area contributed by atoms with Crippen LogP contribution in [0.4, 0.5) is 0 Å². The number of amides is 2. The molecule has 0 aliphatic carbocycles. The Kier molecular flexibility index (Phi) is 7.63. The SMILES string of the molecule is CCN(CC)C(=O)CN1CCCN(C(=O)Cc2nc(-c3ccccc3)oc2C)CC1. The zero-order chi connectivity index (χ0) is 21.5. The summed E-state index contributed by atoms with van der Waals surface area (Å²) in [5.74, 6) is 1.45. The first kappa shape index (κ1) is 22.0. The van der Waals surface area contributed by atoms with Crippen LogP contribution in [-0.2, 0) is 16.0 Å². The number of hydrogen-bond acceptors (Lipinski definition) is 5. The van der Waals surface area contributed by atoms with E-state index in [1.807, 2.05) is 60.9 Å². The van der Waals surface area contributed by atoms with Crippen molar-refractivity contribution in [1.82, 2.24) is 19.7 Å². The van der Waals surface area contributed by atoms with Crippen LogP contribution >= 0.6 is 0 Å². The molecule has 1 aliphatic rings. The molecule has 2 heterocycles. The van der Waals surface area contributed by atoms with Gasteiger partial charge >= 0.3 is 0 Å². The second-order valence-corrected chi connectivity index (χ2v) is 7.64. The summed E-state index contributed by atoms with van der Waals surface area (Å²) in [5, 5.41) is 0. The van der Waals surface area contributed by atoms with E-state index in [4.69, 9.17) is 4.42 Å². The van der Waals surface area contributed by atoms with Gasteiger partial charge in [-0.2, -0.15) is 0 Å². The quantitative estimate of drug-likeness (QED) is 0.699. The third kappa shape index (κ3) is 5.48. The van der Waals surface area contributed by atoms with E-state index in [2.05, 4.69) is 9.88 Å². The number of rotatable bonds is 7. The number of aryl methyl sites for hydroxylation is 1. The van der Waals surface area contributed by atoms with Crippen molar-refractivity contribution in [2.45, 2.75) is 33.6 Å². The third-order valence-corrected chi connectivity index (χ3v) is 5.65. The largest absolute Gasteiger partial charge is 0.441 e. The van der Waals surface area contributed by atoms with Gasteiger partial charge in [-0.05, 0) is 39.3 Å². The number of aromatic nitrogens is 1. The highest BCUT2D eigenvalue weighted by molar-refractivity contribution is 5.79. The monoisotopic (exact) mass is 412 g/mol. The van der Waals surface area contributed by atoms with E-state index in [9.17, 15) is 9.59 Å². The van der Waals surface area contributed by atoms with E-state index >= 15 is 0 Å².